The minimum Gasteiger partial charge on any atom is -0.505 e. The minimum absolute atomic E-state index is 0.256. The first-order valence-corrected chi connectivity index (χ1v) is 8.11. The number of benzene rings is 1. The Hall–Kier alpha value is -2.50. The molecule has 1 aromatic carbocycles. The number of nitrogens with one attached hydrogen (secondary N) is 1. The van der Waals surface area contributed by atoms with Crippen molar-refractivity contribution < 1.29 is 26.7 Å². The lowest BCUT2D eigenvalue weighted by Crippen LogP contribution is -2.23. The number of phenols is 1. The third-order valence-corrected chi connectivity index (χ3v) is 4.79. The normalized spacial score (nSPS) is 10.9. The summed E-state index contributed by atoms with van der Waals surface area (Å²) in [4.78, 5) is -1.17. The number of nitriles is 3. The van der Waals surface area contributed by atoms with Gasteiger partial charge in [-0.05, 0) is 34.7 Å². The standard InChI is InChI=1S/C12H4F3IN4O3S/c13-12(14,15)24(22,23)7-1-8(16)11(21)9(2-7)20-10(5-19)6(3-17)4-18/h1-2,20-21H. The smallest absolute Gasteiger partial charge is 0.501 e. The van der Waals surface area contributed by atoms with Crippen molar-refractivity contribution in [2.24, 2.45) is 0 Å². The quantitative estimate of drug-likeness (QED) is 0.395. The highest BCUT2D eigenvalue weighted by Crippen LogP contribution is 2.37. The molecule has 124 valence electrons. The van der Waals surface area contributed by atoms with Gasteiger partial charge in [0.15, 0.2) is 11.3 Å². The molecule has 0 atom stereocenters. The molecule has 0 spiro atoms. The molecule has 12 heteroatoms. The SMILES string of the molecule is N#CC(C#N)=C(C#N)Nc1cc(S(=O)(=O)C(F)(F)F)cc(I)c1O. The molecular weight excluding hydrogens is 464 g/mol. The lowest BCUT2D eigenvalue weighted by molar-refractivity contribution is -0.0436. The summed E-state index contributed by atoms with van der Waals surface area (Å²) in [6.45, 7) is 0. The van der Waals surface area contributed by atoms with Gasteiger partial charge in [-0.25, -0.2) is 8.42 Å². The molecule has 1 aromatic rings. The number of hydrogen-bond acceptors (Lipinski definition) is 7. The average Bonchev–Trinajstić information content (AvgIpc) is 2.49. The molecular formula is C12H4F3IN4O3S. The van der Waals surface area contributed by atoms with Gasteiger partial charge in [0.25, 0.3) is 9.84 Å². The highest BCUT2D eigenvalue weighted by Gasteiger charge is 2.47. The largest absolute Gasteiger partial charge is 0.505 e. The van der Waals surface area contributed by atoms with Crippen LogP contribution in [-0.4, -0.2) is 19.0 Å². The van der Waals surface area contributed by atoms with Crippen LogP contribution in [0.5, 0.6) is 5.75 Å². The third-order valence-electron chi connectivity index (χ3n) is 2.50. The monoisotopic (exact) mass is 468 g/mol. The van der Waals surface area contributed by atoms with Crippen LogP contribution < -0.4 is 5.32 Å². The maximum Gasteiger partial charge on any atom is 0.501 e. The Morgan fingerprint density at radius 3 is 2.12 bits per heavy atom. The van der Waals surface area contributed by atoms with E-state index in [2.05, 4.69) is 5.32 Å². The molecule has 1 rings (SSSR count). The Balaban J connectivity index is 3.61. The van der Waals surface area contributed by atoms with Gasteiger partial charge in [0.1, 0.15) is 23.9 Å². The van der Waals surface area contributed by atoms with Crippen LogP contribution in [0.3, 0.4) is 0 Å². The molecule has 7 nitrogen and oxygen atoms in total. The van der Waals surface area contributed by atoms with Gasteiger partial charge in [0, 0.05) is 0 Å². The van der Waals surface area contributed by atoms with Gasteiger partial charge in [-0.2, -0.15) is 29.0 Å². The molecule has 0 aromatic heterocycles. The second-order valence-corrected chi connectivity index (χ2v) is 7.06. The number of alkyl halides is 3. The molecule has 2 N–H and O–H groups in total. The highest BCUT2D eigenvalue weighted by atomic mass is 127. The summed E-state index contributed by atoms with van der Waals surface area (Å²) in [5.74, 6) is -0.653. The minimum atomic E-state index is -5.70. The predicted octanol–water partition coefficient (Wildman–Crippen LogP) is 2.53. The fourth-order valence-electron chi connectivity index (χ4n) is 1.38. The summed E-state index contributed by atoms with van der Waals surface area (Å²) in [6.07, 6.45) is 0. The number of halogens is 4. The van der Waals surface area contributed by atoms with Gasteiger partial charge >= 0.3 is 5.51 Å². The molecule has 0 saturated heterocycles. The molecule has 0 aliphatic rings. The van der Waals surface area contributed by atoms with Crippen LogP contribution in [0.15, 0.2) is 28.3 Å². The zero-order valence-electron chi connectivity index (χ0n) is 11.2. The van der Waals surface area contributed by atoms with Crippen molar-refractivity contribution in [1.29, 1.82) is 15.8 Å². The van der Waals surface area contributed by atoms with E-state index in [9.17, 15) is 26.7 Å². The first-order valence-electron chi connectivity index (χ1n) is 5.55. The summed E-state index contributed by atoms with van der Waals surface area (Å²) >= 11 is 1.39. The summed E-state index contributed by atoms with van der Waals surface area (Å²) < 4.78 is 60.5. The summed E-state index contributed by atoms with van der Waals surface area (Å²) in [5, 5.41) is 38.2. The molecule has 0 amide bonds. The van der Waals surface area contributed by atoms with Crippen molar-refractivity contribution in [3.8, 4) is 24.0 Å². The predicted molar refractivity (Wildman–Crippen MR) is 81.6 cm³/mol. The van der Waals surface area contributed by atoms with Crippen molar-refractivity contribution in [3.63, 3.8) is 0 Å². The maximum atomic E-state index is 12.6. The van der Waals surface area contributed by atoms with E-state index in [1.54, 1.807) is 0 Å². The van der Waals surface area contributed by atoms with E-state index in [0.717, 1.165) is 0 Å². The number of allylic oxidation sites excluding steroid dienone is 2. The van der Waals surface area contributed by atoms with Gasteiger partial charge in [-0.15, -0.1) is 0 Å². The molecule has 0 aliphatic heterocycles. The van der Waals surface area contributed by atoms with Crippen LogP contribution in [0.4, 0.5) is 18.9 Å². The second kappa shape index (κ2) is 6.95. The second-order valence-electron chi connectivity index (χ2n) is 3.96. The van der Waals surface area contributed by atoms with E-state index in [1.165, 1.54) is 40.8 Å². The lowest BCUT2D eigenvalue weighted by atomic mass is 10.2. The number of phenolic OH excluding ortho intramolecular Hbond substituents is 1. The highest BCUT2D eigenvalue weighted by molar-refractivity contribution is 14.1. The van der Waals surface area contributed by atoms with Crippen molar-refractivity contribution in [2.45, 2.75) is 10.4 Å². The van der Waals surface area contributed by atoms with E-state index in [4.69, 9.17) is 15.8 Å². The average molecular weight is 468 g/mol. The van der Waals surface area contributed by atoms with E-state index in [-0.39, 0.29) is 3.57 Å². The number of aromatic hydroxyl groups is 1. The number of anilines is 1. The topological polar surface area (TPSA) is 138 Å². The summed E-state index contributed by atoms with van der Waals surface area (Å²) in [7, 11) is -5.70. The van der Waals surface area contributed by atoms with E-state index in [1.807, 2.05) is 0 Å². The summed E-state index contributed by atoms with van der Waals surface area (Å²) in [5.41, 5.74) is -7.50. The lowest BCUT2D eigenvalue weighted by Gasteiger charge is -2.13. The van der Waals surface area contributed by atoms with Crippen LogP contribution in [0, 0.1) is 37.6 Å². The molecule has 0 bridgehead atoms. The van der Waals surface area contributed by atoms with Crippen LogP contribution in [0.1, 0.15) is 0 Å². The van der Waals surface area contributed by atoms with Gasteiger partial charge < -0.3 is 10.4 Å². The third kappa shape index (κ3) is 3.69. The zero-order valence-corrected chi connectivity index (χ0v) is 14.2. The molecule has 0 saturated carbocycles. The maximum absolute atomic E-state index is 12.6. The van der Waals surface area contributed by atoms with Crippen LogP contribution >= 0.6 is 22.6 Å². The fourth-order valence-corrected chi connectivity index (χ4v) is 3.03. The first-order chi connectivity index (χ1) is 11.0. The van der Waals surface area contributed by atoms with Gasteiger partial charge in [-0.3, -0.25) is 0 Å². The number of sulfone groups is 1. The van der Waals surface area contributed by atoms with E-state index < -0.39 is 42.9 Å². The molecule has 0 radical (unpaired) electrons. The fraction of sp³-hybridized carbons (Fsp3) is 0.0833. The van der Waals surface area contributed by atoms with Crippen molar-refractivity contribution >= 4 is 38.1 Å². The summed E-state index contributed by atoms with van der Waals surface area (Å²) in [6, 6.07) is 5.22. The molecule has 0 aliphatic carbocycles. The number of rotatable bonds is 3. The Morgan fingerprint density at radius 1 is 1.17 bits per heavy atom. The number of nitrogens with zero attached hydrogens (tertiary/aromatic N) is 3. The van der Waals surface area contributed by atoms with Crippen molar-refractivity contribution in [1.82, 2.24) is 0 Å². The van der Waals surface area contributed by atoms with Crippen LogP contribution in [0.25, 0.3) is 0 Å². The van der Waals surface area contributed by atoms with Gasteiger partial charge in [0.2, 0.25) is 0 Å². The zero-order chi connectivity index (χ0) is 18.7. The Labute approximate surface area is 147 Å². The van der Waals surface area contributed by atoms with Crippen molar-refractivity contribution in [3.05, 3.63) is 27.0 Å². The molecule has 24 heavy (non-hydrogen) atoms. The molecule has 0 heterocycles. The van der Waals surface area contributed by atoms with Crippen LogP contribution in [0.2, 0.25) is 0 Å². The van der Waals surface area contributed by atoms with Gasteiger partial charge in [-0.1, -0.05) is 0 Å². The Bertz CT molecular complexity index is 934. The van der Waals surface area contributed by atoms with Crippen molar-refractivity contribution in [2.75, 3.05) is 5.32 Å². The van der Waals surface area contributed by atoms with E-state index in [0.29, 0.717) is 12.1 Å². The Kier molecular flexibility index (Phi) is 5.66. The number of hydrogen-bond donors (Lipinski definition) is 2. The molecule has 0 fully saturated rings. The van der Waals surface area contributed by atoms with E-state index >= 15 is 0 Å². The molecule has 0 unspecified atom stereocenters. The van der Waals surface area contributed by atoms with Gasteiger partial charge in [0.05, 0.1) is 14.2 Å². The first kappa shape index (κ1) is 19.5. The Morgan fingerprint density at radius 2 is 1.71 bits per heavy atom. The van der Waals surface area contributed by atoms with Crippen LogP contribution in [-0.2, 0) is 9.84 Å².